The summed E-state index contributed by atoms with van der Waals surface area (Å²) in [4.78, 5) is 11.3. The van der Waals surface area contributed by atoms with Crippen LogP contribution in [-0.4, -0.2) is 13.1 Å². The first-order valence-corrected chi connectivity index (χ1v) is 5.78. The molecule has 92 valence electrons. The van der Waals surface area contributed by atoms with E-state index in [2.05, 4.69) is 10.1 Å². The third kappa shape index (κ3) is 3.02. The lowest BCUT2D eigenvalue weighted by atomic mass is 10.2. The van der Waals surface area contributed by atoms with Gasteiger partial charge in [0.05, 0.1) is 12.7 Å². The molecule has 0 heterocycles. The molecule has 2 aromatic carbocycles. The van der Waals surface area contributed by atoms with Crippen molar-refractivity contribution in [2.75, 3.05) is 12.4 Å². The van der Waals surface area contributed by atoms with Gasteiger partial charge in [0.1, 0.15) is 0 Å². The molecular formula is C14H12ClNO2. The fraction of sp³-hybridized carbons (Fsp3) is 0.0714. The summed E-state index contributed by atoms with van der Waals surface area (Å²) in [6.07, 6.45) is 0. The molecule has 0 atom stereocenters. The van der Waals surface area contributed by atoms with Gasteiger partial charge in [0.25, 0.3) is 0 Å². The van der Waals surface area contributed by atoms with E-state index in [4.69, 9.17) is 11.6 Å². The van der Waals surface area contributed by atoms with Gasteiger partial charge in [0.15, 0.2) is 0 Å². The maximum absolute atomic E-state index is 11.3. The Morgan fingerprint density at radius 3 is 2.44 bits per heavy atom. The van der Waals surface area contributed by atoms with Gasteiger partial charge in [-0.1, -0.05) is 17.7 Å². The number of ether oxygens (including phenoxy) is 1. The number of rotatable bonds is 3. The first-order valence-electron chi connectivity index (χ1n) is 5.40. The normalized spacial score (nSPS) is 9.89. The van der Waals surface area contributed by atoms with Gasteiger partial charge in [-0.2, -0.15) is 0 Å². The van der Waals surface area contributed by atoms with Crippen molar-refractivity contribution in [3.63, 3.8) is 0 Å². The molecule has 18 heavy (non-hydrogen) atoms. The molecule has 0 bridgehead atoms. The van der Waals surface area contributed by atoms with Gasteiger partial charge in [-0.05, 0) is 42.5 Å². The highest BCUT2D eigenvalue weighted by Gasteiger charge is 2.04. The molecular weight excluding hydrogens is 250 g/mol. The molecule has 3 nitrogen and oxygen atoms in total. The van der Waals surface area contributed by atoms with E-state index in [0.717, 1.165) is 11.4 Å². The smallest absolute Gasteiger partial charge is 0.337 e. The predicted octanol–water partition coefficient (Wildman–Crippen LogP) is 3.87. The van der Waals surface area contributed by atoms with E-state index in [-0.39, 0.29) is 5.97 Å². The van der Waals surface area contributed by atoms with Gasteiger partial charge >= 0.3 is 5.97 Å². The Labute approximate surface area is 110 Å². The predicted molar refractivity (Wildman–Crippen MR) is 72.5 cm³/mol. The van der Waals surface area contributed by atoms with Crippen molar-refractivity contribution >= 4 is 28.9 Å². The zero-order valence-corrected chi connectivity index (χ0v) is 10.6. The number of methoxy groups -OCH3 is 1. The molecule has 0 aliphatic carbocycles. The monoisotopic (exact) mass is 261 g/mol. The standard InChI is InChI=1S/C14H12ClNO2/c1-18-14(17)10-5-7-12(8-6-10)16-13-4-2-3-11(15)9-13/h2-9,16H,1H3. The van der Waals surface area contributed by atoms with E-state index in [1.54, 1.807) is 12.1 Å². The Morgan fingerprint density at radius 2 is 1.83 bits per heavy atom. The van der Waals surface area contributed by atoms with Gasteiger partial charge in [0, 0.05) is 16.4 Å². The number of hydrogen-bond acceptors (Lipinski definition) is 3. The van der Waals surface area contributed by atoms with Crippen LogP contribution in [0.4, 0.5) is 11.4 Å². The van der Waals surface area contributed by atoms with Crippen LogP contribution in [0, 0.1) is 0 Å². The summed E-state index contributed by atoms with van der Waals surface area (Å²) in [5, 5.41) is 3.86. The van der Waals surface area contributed by atoms with Crippen LogP contribution in [0.2, 0.25) is 5.02 Å². The second kappa shape index (κ2) is 5.56. The van der Waals surface area contributed by atoms with Gasteiger partial charge < -0.3 is 10.1 Å². The van der Waals surface area contributed by atoms with Crippen molar-refractivity contribution in [1.82, 2.24) is 0 Å². The zero-order valence-electron chi connectivity index (χ0n) is 9.81. The molecule has 0 unspecified atom stereocenters. The van der Waals surface area contributed by atoms with Crippen LogP contribution in [0.5, 0.6) is 0 Å². The van der Waals surface area contributed by atoms with Crippen LogP contribution in [0.3, 0.4) is 0 Å². The maximum Gasteiger partial charge on any atom is 0.337 e. The minimum absolute atomic E-state index is 0.343. The summed E-state index contributed by atoms with van der Waals surface area (Å²) in [6.45, 7) is 0. The van der Waals surface area contributed by atoms with E-state index < -0.39 is 0 Å². The first-order chi connectivity index (χ1) is 8.69. The summed E-state index contributed by atoms with van der Waals surface area (Å²) in [7, 11) is 1.36. The van der Waals surface area contributed by atoms with Crippen molar-refractivity contribution in [2.24, 2.45) is 0 Å². The Bertz CT molecular complexity index is 552. The average molecular weight is 262 g/mol. The van der Waals surface area contributed by atoms with Gasteiger partial charge in [-0.3, -0.25) is 0 Å². The lowest BCUT2D eigenvalue weighted by Gasteiger charge is -2.07. The van der Waals surface area contributed by atoms with Crippen molar-refractivity contribution in [2.45, 2.75) is 0 Å². The third-order valence-electron chi connectivity index (χ3n) is 2.42. The van der Waals surface area contributed by atoms with Crippen LogP contribution in [0.15, 0.2) is 48.5 Å². The largest absolute Gasteiger partial charge is 0.465 e. The number of carbonyl (C=O) groups is 1. The number of halogens is 1. The van der Waals surface area contributed by atoms with E-state index >= 15 is 0 Å². The van der Waals surface area contributed by atoms with Gasteiger partial charge in [-0.15, -0.1) is 0 Å². The highest BCUT2D eigenvalue weighted by Crippen LogP contribution is 2.20. The van der Waals surface area contributed by atoms with Crippen LogP contribution >= 0.6 is 11.6 Å². The number of hydrogen-bond donors (Lipinski definition) is 1. The van der Waals surface area contributed by atoms with Crippen LogP contribution < -0.4 is 5.32 Å². The van der Waals surface area contributed by atoms with E-state index in [0.29, 0.717) is 10.6 Å². The molecule has 0 amide bonds. The number of carbonyl (C=O) groups excluding carboxylic acids is 1. The summed E-state index contributed by atoms with van der Waals surface area (Å²) >= 11 is 5.90. The second-order valence-corrected chi connectivity index (χ2v) is 4.14. The molecule has 2 aromatic rings. The molecule has 0 spiro atoms. The van der Waals surface area contributed by atoms with Crippen LogP contribution in [0.25, 0.3) is 0 Å². The molecule has 0 aliphatic rings. The highest BCUT2D eigenvalue weighted by molar-refractivity contribution is 6.30. The molecule has 0 saturated heterocycles. The molecule has 0 radical (unpaired) electrons. The Kier molecular flexibility index (Phi) is 3.85. The molecule has 2 rings (SSSR count). The average Bonchev–Trinajstić information content (AvgIpc) is 2.39. The molecule has 0 aromatic heterocycles. The number of esters is 1. The van der Waals surface area contributed by atoms with E-state index in [1.165, 1.54) is 7.11 Å². The van der Waals surface area contributed by atoms with Crippen molar-refractivity contribution in [3.8, 4) is 0 Å². The molecule has 0 aliphatic heterocycles. The molecule has 1 N–H and O–H groups in total. The summed E-state index contributed by atoms with van der Waals surface area (Å²) in [5.74, 6) is -0.343. The maximum atomic E-state index is 11.3. The van der Waals surface area contributed by atoms with Crippen LogP contribution in [0.1, 0.15) is 10.4 Å². The van der Waals surface area contributed by atoms with Crippen molar-refractivity contribution in [1.29, 1.82) is 0 Å². The molecule has 0 saturated carbocycles. The molecule has 4 heteroatoms. The van der Waals surface area contributed by atoms with E-state index in [1.807, 2.05) is 36.4 Å². The Balaban J connectivity index is 2.13. The van der Waals surface area contributed by atoms with Crippen LogP contribution in [-0.2, 0) is 4.74 Å². The molecule has 0 fully saturated rings. The fourth-order valence-electron chi connectivity index (χ4n) is 1.54. The highest BCUT2D eigenvalue weighted by atomic mass is 35.5. The zero-order chi connectivity index (χ0) is 13.0. The van der Waals surface area contributed by atoms with Gasteiger partial charge in [-0.25, -0.2) is 4.79 Å². The summed E-state index contributed by atoms with van der Waals surface area (Å²) in [5.41, 5.74) is 2.30. The number of nitrogens with one attached hydrogen (secondary N) is 1. The van der Waals surface area contributed by atoms with E-state index in [9.17, 15) is 4.79 Å². The lowest BCUT2D eigenvalue weighted by Crippen LogP contribution is -2.00. The minimum atomic E-state index is -0.343. The third-order valence-corrected chi connectivity index (χ3v) is 2.65. The fourth-order valence-corrected chi connectivity index (χ4v) is 1.73. The summed E-state index contributed by atoms with van der Waals surface area (Å²) in [6, 6.07) is 14.5. The Hall–Kier alpha value is -2.00. The lowest BCUT2D eigenvalue weighted by molar-refractivity contribution is 0.0601. The van der Waals surface area contributed by atoms with Gasteiger partial charge in [0.2, 0.25) is 0 Å². The SMILES string of the molecule is COC(=O)c1ccc(Nc2cccc(Cl)c2)cc1. The quantitative estimate of drug-likeness (QED) is 0.853. The number of anilines is 2. The summed E-state index contributed by atoms with van der Waals surface area (Å²) < 4.78 is 4.63. The Morgan fingerprint density at radius 1 is 1.11 bits per heavy atom. The van der Waals surface area contributed by atoms with Crippen molar-refractivity contribution < 1.29 is 9.53 Å². The topological polar surface area (TPSA) is 38.3 Å². The second-order valence-electron chi connectivity index (χ2n) is 3.70. The minimum Gasteiger partial charge on any atom is -0.465 e. The number of benzene rings is 2. The first kappa shape index (κ1) is 12.5. The van der Waals surface area contributed by atoms with Crippen molar-refractivity contribution in [3.05, 3.63) is 59.1 Å².